The van der Waals surface area contributed by atoms with E-state index in [1.54, 1.807) is 0 Å². The quantitative estimate of drug-likeness (QED) is 0.649. The predicted octanol–water partition coefficient (Wildman–Crippen LogP) is 3.25. The van der Waals surface area contributed by atoms with E-state index in [-0.39, 0.29) is 44.0 Å². The van der Waals surface area contributed by atoms with E-state index < -0.39 is 18.0 Å². The van der Waals surface area contributed by atoms with Crippen LogP contribution in [-0.4, -0.2) is 66.9 Å². The van der Waals surface area contributed by atoms with Crippen LogP contribution in [0.25, 0.3) is 11.1 Å². The summed E-state index contributed by atoms with van der Waals surface area (Å²) in [4.78, 5) is 37.8. The highest BCUT2D eigenvalue weighted by Crippen LogP contribution is 2.44. The van der Waals surface area contributed by atoms with Crippen molar-refractivity contribution >= 4 is 18.0 Å². The lowest BCUT2D eigenvalue weighted by Gasteiger charge is -2.23. The topological polar surface area (TPSA) is 105 Å². The van der Waals surface area contributed by atoms with Gasteiger partial charge in [-0.3, -0.25) is 9.59 Å². The maximum absolute atomic E-state index is 12.6. The van der Waals surface area contributed by atoms with E-state index in [2.05, 4.69) is 29.6 Å². The fourth-order valence-electron chi connectivity index (χ4n) is 4.60. The Labute approximate surface area is 198 Å². The Morgan fingerprint density at radius 2 is 1.76 bits per heavy atom. The molecule has 4 rings (SSSR count). The largest absolute Gasteiger partial charge is 0.481 e. The fraction of sp³-hybridized carbons (Fsp3) is 0.423. The smallest absolute Gasteiger partial charge is 0.407 e. The molecule has 34 heavy (non-hydrogen) atoms. The summed E-state index contributed by atoms with van der Waals surface area (Å²) >= 11 is 0. The Morgan fingerprint density at radius 3 is 2.41 bits per heavy atom. The molecule has 2 atom stereocenters. The maximum atomic E-state index is 12.6. The number of carboxylic acids is 1. The van der Waals surface area contributed by atoms with Crippen LogP contribution in [0.5, 0.6) is 0 Å². The van der Waals surface area contributed by atoms with Gasteiger partial charge in [0.05, 0.1) is 19.1 Å². The van der Waals surface area contributed by atoms with Gasteiger partial charge in [-0.25, -0.2) is 4.79 Å². The van der Waals surface area contributed by atoms with Crippen molar-refractivity contribution in [3.8, 4) is 11.1 Å². The van der Waals surface area contributed by atoms with E-state index >= 15 is 0 Å². The average molecular weight is 467 g/mol. The summed E-state index contributed by atoms with van der Waals surface area (Å²) in [6.45, 7) is 3.00. The zero-order valence-corrected chi connectivity index (χ0v) is 19.2. The first-order chi connectivity index (χ1) is 16.4. The SMILES string of the molecule is CC(CCC(=O)N1CCOCC(C(=O)O)C1)NC(=O)OCC1c2ccccc2-c2ccccc21. The van der Waals surface area contributed by atoms with E-state index in [0.29, 0.717) is 19.6 Å². The highest BCUT2D eigenvalue weighted by molar-refractivity contribution is 5.79. The molecule has 0 radical (unpaired) electrons. The Hall–Kier alpha value is -3.39. The van der Waals surface area contributed by atoms with Gasteiger partial charge in [0, 0.05) is 31.5 Å². The highest BCUT2D eigenvalue weighted by Gasteiger charge is 2.30. The number of amides is 2. The predicted molar refractivity (Wildman–Crippen MR) is 125 cm³/mol. The second-order valence-corrected chi connectivity index (χ2v) is 8.86. The van der Waals surface area contributed by atoms with Crippen LogP contribution in [0.15, 0.2) is 48.5 Å². The first-order valence-corrected chi connectivity index (χ1v) is 11.6. The van der Waals surface area contributed by atoms with Crippen molar-refractivity contribution in [2.75, 3.05) is 32.9 Å². The van der Waals surface area contributed by atoms with E-state index in [4.69, 9.17) is 9.47 Å². The summed E-state index contributed by atoms with van der Waals surface area (Å²) in [5.74, 6) is -1.84. The van der Waals surface area contributed by atoms with Crippen LogP contribution in [0.1, 0.15) is 36.8 Å². The minimum Gasteiger partial charge on any atom is -0.481 e. The number of ether oxygens (including phenoxy) is 2. The molecule has 2 aromatic carbocycles. The van der Waals surface area contributed by atoms with Crippen LogP contribution in [0.4, 0.5) is 4.79 Å². The molecule has 0 aromatic heterocycles. The lowest BCUT2D eigenvalue weighted by molar-refractivity contribution is -0.144. The van der Waals surface area contributed by atoms with Crippen LogP contribution in [0, 0.1) is 5.92 Å². The van der Waals surface area contributed by atoms with Crippen LogP contribution >= 0.6 is 0 Å². The van der Waals surface area contributed by atoms with Crippen molar-refractivity contribution in [1.82, 2.24) is 10.2 Å². The van der Waals surface area contributed by atoms with E-state index in [1.165, 1.54) is 16.0 Å². The summed E-state index contributed by atoms with van der Waals surface area (Å²) in [7, 11) is 0. The molecule has 1 fully saturated rings. The molecule has 2 unspecified atom stereocenters. The number of benzene rings is 2. The summed E-state index contributed by atoms with van der Waals surface area (Å²) in [6.07, 6.45) is 0.117. The number of hydrogen-bond acceptors (Lipinski definition) is 5. The lowest BCUT2D eigenvalue weighted by Crippen LogP contribution is -2.39. The van der Waals surface area contributed by atoms with Gasteiger partial charge in [-0.05, 0) is 35.6 Å². The molecule has 2 aromatic rings. The van der Waals surface area contributed by atoms with Crippen molar-refractivity contribution in [3.05, 3.63) is 59.7 Å². The molecule has 180 valence electrons. The summed E-state index contributed by atoms with van der Waals surface area (Å²) in [6, 6.07) is 16.0. The van der Waals surface area contributed by atoms with Gasteiger partial charge in [-0.2, -0.15) is 0 Å². The van der Waals surface area contributed by atoms with Crippen molar-refractivity contribution in [1.29, 1.82) is 0 Å². The van der Waals surface area contributed by atoms with Crippen molar-refractivity contribution in [2.24, 2.45) is 5.92 Å². The first-order valence-electron chi connectivity index (χ1n) is 11.6. The van der Waals surface area contributed by atoms with E-state index in [0.717, 1.165) is 11.1 Å². The zero-order valence-electron chi connectivity index (χ0n) is 19.2. The van der Waals surface area contributed by atoms with Gasteiger partial charge < -0.3 is 24.8 Å². The lowest BCUT2D eigenvalue weighted by atomic mass is 9.98. The number of rotatable bonds is 7. The third-order valence-corrected chi connectivity index (χ3v) is 6.47. The third-order valence-electron chi connectivity index (χ3n) is 6.47. The molecule has 2 N–H and O–H groups in total. The summed E-state index contributed by atoms with van der Waals surface area (Å²) < 4.78 is 10.9. The van der Waals surface area contributed by atoms with Crippen LogP contribution in [0.3, 0.4) is 0 Å². The number of hydrogen-bond donors (Lipinski definition) is 2. The molecule has 2 amide bonds. The minimum absolute atomic E-state index is 0.0116. The number of nitrogens with zero attached hydrogens (tertiary/aromatic N) is 1. The molecule has 1 saturated heterocycles. The Bertz CT molecular complexity index is 1010. The molecule has 1 heterocycles. The van der Waals surface area contributed by atoms with Crippen molar-refractivity contribution in [3.63, 3.8) is 0 Å². The number of carbonyl (C=O) groups excluding carboxylic acids is 2. The second-order valence-electron chi connectivity index (χ2n) is 8.86. The Morgan fingerprint density at radius 1 is 1.12 bits per heavy atom. The molecule has 0 saturated carbocycles. The van der Waals surface area contributed by atoms with E-state index in [1.807, 2.05) is 31.2 Å². The average Bonchev–Trinajstić information content (AvgIpc) is 2.97. The molecule has 0 bridgehead atoms. The van der Waals surface area contributed by atoms with Gasteiger partial charge in [0.2, 0.25) is 5.91 Å². The number of carbonyl (C=O) groups is 3. The number of alkyl carbamates (subject to hydrolysis) is 1. The van der Waals surface area contributed by atoms with Crippen molar-refractivity contribution < 1.29 is 29.0 Å². The van der Waals surface area contributed by atoms with Crippen LogP contribution < -0.4 is 5.32 Å². The molecule has 1 aliphatic carbocycles. The van der Waals surface area contributed by atoms with Gasteiger partial charge in [0.1, 0.15) is 6.61 Å². The maximum Gasteiger partial charge on any atom is 0.407 e. The zero-order chi connectivity index (χ0) is 24.1. The summed E-state index contributed by atoms with van der Waals surface area (Å²) in [5.41, 5.74) is 4.64. The number of fused-ring (bicyclic) bond motifs is 3. The molecule has 2 aliphatic rings. The molecular weight excluding hydrogens is 436 g/mol. The number of nitrogens with one attached hydrogen (secondary N) is 1. The minimum atomic E-state index is -0.968. The van der Waals surface area contributed by atoms with Crippen LogP contribution in [-0.2, 0) is 19.1 Å². The second kappa shape index (κ2) is 10.7. The first kappa shape index (κ1) is 23.8. The van der Waals surface area contributed by atoms with Gasteiger partial charge in [0.15, 0.2) is 0 Å². The Balaban J connectivity index is 1.25. The monoisotopic (exact) mass is 466 g/mol. The molecular formula is C26H30N2O6. The van der Waals surface area contributed by atoms with Gasteiger partial charge in [-0.1, -0.05) is 48.5 Å². The fourth-order valence-corrected chi connectivity index (χ4v) is 4.60. The standard InChI is InChI=1S/C26H30N2O6/c1-17(10-11-24(29)28-12-13-33-15-18(14-28)25(30)31)27-26(32)34-16-23-21-8-4-2-6-19(21)20-7-3-5-9-22(20)23/h2-9,17-18,23H,10-16H2,1H3,(H,27,32)(H,30,31). The number of carboxylic acid groups (broad SMARTS) is 1. The van der Waals surface area contributed by atoms with E-state index in [9.17, 15) is 19.5 Å². The number of aliphatic carboxylic acids is 1. The van der Waals surface area contributed by atoms with Crippen LogP contribution in [0.2, 0.25) is 0 Å². The summed E-state index contributed by atoms with van der Waals surface area (Å²) in [5, 5.41) is 12.0. The third kappa shape index (κ3) is 5.39. The van der Waals surface area contributed by atoms with Crippen molar-refractivity contribution in [2.45, 2.75) is 31.7 Å². The van der Waals surface area contributed by atoms with Gasteiger partial charge in [-0.15, -0.1) is 0 Å². The molecule has 1 aliphatic heterocycles. The van der Waals surface area contributed by atoms with Gasteiger partial charge in [0.25, 0.3) is 0 Å². The molecule has 0 spiro atoms. The Kier molecular flexibility index (Phi) is 7.47. The highest BCUT2D eigenvalue weighted by atomic mass is 16.5. The molecule has 8 nitrogen and oxygen atoms in total. The van der Waals surface area contributed by atoms with Gasteiger partial charge >= 0.3 is 12.1 Å². The normalized spacial score (nSPS) is 18.4. The molecule has 8 heteroatoms.